The predicted molar refractivity (Wildman–Crippen MR) is 64.6 cm³/mol. The summed E-state index contributed by atoms with van der Waals surface area (Å²) in [5.74, 6) is -1.81. The van der Waals surface area contributed by atoms with Crippen molar-refractivity contribution in [1.82, 2.24) is 0 Å². The Labute approximate surface area is 108 Å². The third-order valence-electron chi connectivity index (χ3n) is 2.40. The first kappa shape index (κ1) is 12.6. The maximum atomic E-state index is 13.2. The van der Waals surface area contributed by atoms with Gasteiger partial charge in [0, 0.05) is 6.07 Å². The van der Waals surface area contributed by atoms with Crippen LogP contribution in [-0.4, -0.2) is 11.1 Å². The van der Waals surface area contributed by atoms with E-state index in [0.29, 0.717) is 0 Å². The number of para-hydroxylation sites is 1. The van der Waals surface area contributed by atoms with E-state index >= 15 is 0 Å². The van der Waals surface area contributed by atoms with Gasteiger partial charge in [0.2, 0.25) is 0 Å². The SMILES string of the molecule is N#Cc1ccccc1Oc1cc(F)ccc1C(=O)O. The fourth-order valence-corrected chi connectivity index (χ4v) is 1.52. The standard InChI is InChI=1S/C14H8FNO3/c15-10-5-6-11(14(17)18)13(7-10)19-12-4-2-1-3-9(12)8-16/h1-7H,(H,17,18). The topological polar surface area (TPSA) is 70.3 Å². The number of hydrogen-bond donors (Lipinski definition) is 1. The molecule has 0 saturated heterocycles. The smallest absolute Gasteiger partial charge is 0.339 e. The second-order valence-electron chi connectivity index (χ2n) is 3.66. The second kappa shape index (κ2) is 5.19. The highest BCUT2D eigenvalue weighted by Gasteiger charge is 2.14. The highest BCUT2D eigenvalue weighted by atomic mass is 19.1. The molecule has 2 aromatic carbocycles. The van der Waals surface area contributed by atoms with Gasteiger partial charge in [-0.3, -0.25) is 0 Å². The van der Waals surface area contributed by atoms with Crippen LogP contribution in [0, 0.1) is 17.1 Å². The molecule has 1 N–H and O–H groups in total. The highest BCUT2D eigenvalue weighted by Crippen LogP contribution is 2.28. The predicted octanol–water partition coefficient (Wildman–Crippen LogP) is 3.19. The second-order valence-corrected chi connectivity index (χ2v) is 3.66. The molecule has 94 valence electrons. The van der Waals surface area contributed by atoms with Crippen molar-refractivity contribution in [3.63, 3.8) is 0 Å². The lowest BCUT2D eigenvalue weighted by atomic mass is 10.2. The fraction of sp³-hybridized carbons (Fsp3) is 0. The molecule has 0 amide bonds. The van der Waals surface area contributed by atoms with Crippen LogP contribution < -0.4 is 4.74 Å². The van der Waals surface area contributed by atoms with Crippen molar-refractivity contribution in [2.75, 3.05) is 0 Å². The van der Waals surface area contributed by atoms with Crippen LogP contribution in [0.15, 0.2) is 42.5 Å². The molecular formula is C14H8FNO3. The third-order valence-corrected chi connectivity index (χ3v) is 2.40. The lowest BCUT2D eigenvalue weighted by molar-refractivity contribution is 0.0694. The normalized spacial score (nSPS) is 9.68. The largest absolute Gasteiger partial charge is 0.478 e. The molecule has 0 aliphatic heterocycles. The van der Waals surface area contributed by atoms with Gasteiger partial charge in [0.25, 0.3) is 0 Å². The van der Waals surface area contributed by atoms with E-state index in [9.17, 15) is 9.18 Å². The molecule has 0 atom stereocenters. The van der Waals surface area contributed by atoms with E-state index in [4.69, 9.17) is 15.1 Å². The molecule has 0 heterocycles. The zero-order valence-corrected chi connectivity index (χ0v) is 9.63. The van der Waals surface area contributed by atoms with E-state index in [1.807, 2.05) is 6.07 Å². The number of carboxylic acid groups (broad SMARTS) is 1. The number of benzene rings is 2. The molecule has 0 unspecified atom stereocenters. The number of carbonyl (C=O) groups is 1. The molecule has 0 aliphatic carbocycles. The van der Waals surface area contributed by atoms with Crippen molar-refractivity contribution < 1.29 is 19.0 Å². The number of ether oxygens (including phenoxy) is 1. The molecule has 0 fully saturated rings. The van der Waals surface area contributed by atoms with Gasteiger partial charge in [0.15, 0.2) is 0 Å². The van der Waals surface area contributed by atoms with Gasteiger partial charge in [-0.2, -0.15) is 5.26 Å². The Morgan fingerprint density at radius 1 is 1.21 bits per heavy atom. The van der Waals surface area contributed by atoms with Crippen LogP contribution in [0.1, 0.15) is 15.9 Å². The first-order valence-corrected chi connectivity index (χ1v) is 5.31. The van der Waals surface area contributed by atoms with Crippen molar-refractivity contribution in [3.05, 3.63) is 59.4 Å². The van der Waals surface area contributed by atoms with Gasteiger partial charge in [0.05, 0.1) is 5.56 Å². The first-order valence-electron chi connectivity index (χ1n) is 5.31. The molecule has 4 nitrogen and oxygen atoms in total. The molecule has 0 radical (unpaired) electrons. The zero-order valence-electron chi connectivity index (χ0n) is 9.63. The molecule has 0 bridgehead atoms. The molecule has 0 aliphatic rings. The minimum absolute atomic E-state index is 0.143. The van der Waals surface area contributed by atoms with E-state index in [0.717, 1.165) is 18.2 Å². The van der Waals surface area contributed by atoms with E-state index in [1.165, 1.54) is 12.1 Å². The van der Waals surface area contributed by atoms with Crippen LogP contribution in [-0.2, 0) is 0 Å². The Bertz CT molecular complexity index is 677. The number of nitriles is 1. The van der Waals surface area contributed by atoms with Crippen LogP contribution in [0.4, 0.5) is 4.39 Å². The molecule has 2 rings (SSSR count). The van der Waals surface area contributed by atoms with Crippen LogP contribution in [0.25, 0.3) is 0 Å². The summed E-state index contributed by atoms with van der Waals surface area (Å²) in [5, 5.41) is 17.9. The van der Waals surface area contributed by atoms with Gasteiger partial charge in [0.1, 0.15) is 28.9 Å². The summed E-state index contributed by atoms with van der Waals surface area (Å²) in [7, 11) is 0. The summed E-state index contributed by atoms with van der Waals surface area (Å²) in [6, 6.07) is 11.3. The lowest BCUT2D eigenvalue weighted by Gasteiger charge is -2.09. The summed E-state index contributed by atoms with van der Waals surface area (Å²) < 4.78 is 18.5. The Kier molecular flexibility index (Phi) is 3.44. The molecular weight excluding hydrogens is 249 g/mol. The number of nitrogens with zero attached hydrogens (tertiary/aromatic N) is 1. The highest BCUT2D eigenvalue weighted by molar-refractivity contribution is 5.91. The Morgan fingerprint density at radius 2 is 1.95 bits per heavy atom. The molecule has 5 heteroatoms. The number of aromatic carboxylic acids is 1. The number of rotatable bonds is 3. The minimum atomic E-state index is -1.23. The molecule has 0 saturated carbocycles. The van der Waals surface area contributed by atoms with Gasteiger partial charge in [-0.15, -0.1) is 0 Å². The van der Waals surface area contributed by atoms with Crippen LogP contribution in [0.3, 0.4) is 0 Å². The van der Waals surface area contributed by atoms with E-state index < -0.39 is 11.8 Å². The van der Waals surface area contributed by atoms with Crippen molar-refractivity contribution in [1.29, 1.82) is 5.26 Å². The number of halogens is 1. The lowest BCUT2D eigenvalue weighted by Crippen LogP contribution is -2.01. The van der Waals surface area contributed by atoms with Gasteiger partial charge < -0.3 is 9.84 Å². The first-order chi connectivity index (χ1) is 9.11. The molecule has 0 spiro atoms. The summed E-state index contributed by atoms with van der Waals surface area (Å²) in [5.41, 5.74) is 0.0669. The van der Waals surface area contributed by atoms with E-state index in [-0.39, 0.29) is 22.6 Å². The summed E-state index contributed by atoms with van der Waals surface area (Å²) >= 11 is 0. The van der Waals surface area contributed by atoms with Crippen LogP contribution in [0.2, 0.25) is 0 Å². The van der Waals surface area contributed by atoms with Crippen molar-refractivity contribution >= 4 is 5.97 Å². The maximum Gasteiger partial charge on any atom is 0.339 e. The van der Waals surface area contributed by atoms with Crippen LogP contribution in [0.5, 0.6) is 11.5 Å². The average molecular weight is 257 g/mol. The molecule has 19 heavy (non-hydrogen) atoms. The number of hydrogen-bond acceptors (Lipinski definition) is 3. The quantitative estimate of drug-likeness (QED) is 0.916. The Balaban J connectivity index is 2.46. The Hall–Kier alpha value is -2.87. The summed E-state index contributed by atoms with van der Waals surface area (Å²) in [6.07, 6.45) is 0. The summed E-state index contributed by atoms with van der Waals surface area (Å²) in [4.78, 5) is 11.0. The van der Waals surface area contributed by atoms with Gasteiger partial charge in [-0.05, 0) is 24.3 Å². The monoisotopic (exact) mass is 257 g/mol. The zero-order chi connectivity index (χ0) is 13.8. The van der Waals surface area contributed by atoms with E-state index in [2.05, 4.69) is 0 Å². The third kappa shape index (κ3) is 2.69. The maximum absolute atomic E-state index is 13.2. The van der Waals surface area contributed by atoms with E-state index in [1.54, 1.807) is 12.1 Å². The average Bonchev–Trinajstić information content (AvgIpc) is 2.39. The molecule has 0 aromatic heterocycles. The van der Waals surface area contributed by atoms with Crippen molar-refractivity contribution in [2.24, 2.45) is 0 Å². The van der Waals surface area contributed by atoms with Crippen molar-refractivity contribution in [2.45, 2.75) is 0 Å². The van der Waals surface area contributed by atoms with Gasteiger partial charge in [-0.1, -0.05) is 12.1 Å². The van der Waals surface area contributed by atoms with Crippen molar-refractivity contribution in [3.8, 4) is 17.6 Å². The molecule has 2 aromatic rings. The Morgan fingerprint density at radius 3 is 2.63 bits per heavy atom. The van der Waals surface area contributed by atoms with Gasteiger partial charge in [-0.25, -0.2) is 9.18 Å². The van der Waals surface area contributed by atoms with Crippen LogP contribution >= 0.6 is 0 Å². The van der Waals surface area contributed by atoms with Gasteiger partial charge >= 0.3 is 5.97 Å². The summed E-state index contributed by atoms with van der Waals surface area (Å²) in [6.45, 7) is 0. The number of carboxylic acids is 1. The fourth-order valence-electron chi connectivity index (χ4n) is 1.52. The minimum Gasteiger partial charge on any atom is -0.478 e.